The summed E-state index contributed by atoms with van der Waals surface area (Å²) in [5.74, 6) is -0.407. The van der Waals surface area contributed by atoms with Crippen molar-refractivity contribution in [2.24, 2.45) is 0 Å². The quantitative estimate of drug-likeness (QED) is 0.561. The fourth-order valence-electron chi connectivity index (χ4n) is 2.76. The van der Waals surface area contributed by atoms with Gasteiger partial charge in [-0.05, 0) is 48.4 Å². The van der Waals surface area contributed by atoms with Crippen molar-refractivity contribution in [3.63, 3.8) is 0 Å². The van der Waals surface area contributed by atoms with Gasteiger partial charge >= 0.3 is 0 Å². The van der Waals surface area contributed by atoms with Gasteiger partial charge in [-0.1, -0.05) is 48.5 Å². The molecule has 0 unspecified atom stereocenters. The van der Waals surface area contributed by atoms with Crippen LogP contribution in [-0.4, -0.2) is 26.7 Å². The van der Waals surface area contributed by atoms with Gasteiger partial charge in [0.15, 0.2) is 0 Å². The summed E-state index contributed by atoms with van der Waals surface area (Å²) < 4.78 is 27.2. The molecule has 7 heteroatoms. The Balaban J connectivity index is 1.64. The number of hydrogen-bond donors (Lipinski definition) is 2. The third-order valence-electron chi connectivity index (χ3n) is 4.23. The summed E-state index contributed by atoms with van der Waals surface area (Å²) in [6.45, 7) is 0. The molecule has 148 valence electrons. The Hall–Kier alpha value is -3.45. The smallest absolute Gasteiger partial charge is 0.261 e. The highest BCUT2D eigenvalue weighted by Gasteiger charge is 2.16. The van der Waals surface area contributed by atoms with Gasteiger partial charge in [0.05, 0.1) is 10.9 Å². The van der Waals surface area contributed by atoms with E-state index in [0.717, 1.165) is 5.56 Å². The molecule has 2 N–H and O–H groups in total. The van der Waals surface area contributed by atoms with Crippen LogP contribution < -0.4 is 10.0 Å². The molecule has 3 aromatic rings. The lowest BCUT2D eigenvalue weighted by Crippen LogP contribution is -2.37. The first-order valence-corrected chi connectivity index (χ1v) is 10.4. The molecule has 0 aliphatic rings. The first-order chi connectivity index (χ1) is 14.0. The molecule has 0 saturated heterocycles. The van der Waals surface area contributed by atoms with Crippen LogP contribution in [0.3, 0.4) is 0 Å². The van der Waals surface area contributed by atoms with Gasteiger partial charge in [0.2, 0.25) is 0 Å². The van der Waals surface area contributed by atoms with Gasteiger partial charge < -0.3 is 10.1 Å². The standard InChI is InChI=1S/C22H20N2O4S/c25-16-20(15-17-7-3-1-4-8-17)23-22(26)18-11-13-19(14-12-18)24-29(27,28)21-9-5-2-6-10-21/h1-14,16,20,24H,15H2,(H,23,26)/t20-/m0/s1. The third-order valence-corrected chi connectivity index (χ3v) is 5.63. The van der Waals surface area contributed by atoms with Crippen LogP contribution in [0.5, 0.6) is 0 Å². The zero-order valence-electron chi connectivity index (χ0n) is 15.5. The highest BCUT2D eigenvalue weighted by molar-refractivity contribution is 7.92. The lowest BCUT2D eigenvalue weighted by molar-refractivity contribution is -0.109. The summed E-state index contributed by atoms with van der Waals surface area (Å²) in [5, 5.41) is 2.68. The van der Waals surface area contributed by atoms with Crippen LogP contribution in [0.25, 0.3) is 0 Å². The van der Waals surface area contributed by atoms with E-state index in [4.69, 9.17) is 0 Å². The lowest BCUT2D eigenvalue weighted by Gasteiger charge is -2.13. The summed E-state index contributed by atoms with van der Waals surface area (Å²) in [6, 6.07) is 22.8. The minimum absolute atomic E-state index is 0.150. The number of hydrogen-bond acceptors (Lipinski definition) is 4. The van der Waals surface area contributed by atoms with Gasteiger partial charge in [-0.3, -0.25) is 9.52 Å². The molecule has 0 heterocycles. The van der Waals surface area contributed by atoms with Crippen molar-refractivity contribution in [3.8, 4) is 0 Å². The second-order valence-corrected chi connectivity index (χ2v) is 8.08. The van der Waals surface area contributed by atoms with Gasteiger partial charge in [0.1, 0.15) is 6.29 Å². The van der Waals surface area contributed by atoms with Crippen LogP contribution in [0, 0.1) is 0 Å². The molecular formula is C22H20N2O4S. The van der Waals surface area contributed by atoms with E-state index < -0.39 is 22.0 Å². The molecule has 0 aliphatic carbocycles. The minimum Gasteiger partial charge on any atom is -0.342 e. The third kappa shape index (κ3) is 5.52. The Morgan fingerprint density at radius 2 is 1.45 bits per heavy atom. The first-order valence-electron chi connectivity index (χ1n) is 8.96. The number of anilines is 1. The van der Waals surface area contributed by atoms with Gasteiger partial charge in [-0.25, -0.2) is 8.42 Å². The Kier molecular flexibility index (Phi) is 6.41. The molecular weight excluding hydrogens is 388 g/mol. The number of amides is 1. The van der Waals surface area contributed by atoms with Gasteiger partial charge in [0.25, 0.3) is 15.9 Å². The number of sulfonamides is 1. The molecule has 0 spiro atoms. The molecule has 0 aliphatic heterocycles. The van der Waals surface area contributed by atoms with Crippen molar-refractivity contribution in [2.75, 3.05) is 4.72 Å². The summed E-state index contributed by atoms with van der Waals surface area (Å²) >= 11 is 0. The van der Waals surface area contributed by atoms with E-state index in [0.29, 0.717) is 24.0 Å². The molecule has 6 nitrogen and oxygen atoms in total. The number of aldehydes is 1. The van der Waals surface area contributed by atoms with E-state index >= 15 is 0 Å². The second-order valence-electron chi connectivity index (χ2n) is 6.40. The average Bonchev–Trinajstić information content (AvgIpc) is 2.75. The number of nitrogens with one attached hydrogen (secondary N) is 2. The fraction of sp³-hybridized carbons (Fsp3) is 0.0909. The van der Waals surface area contributed by atoms with Crippen LogP contribution >= 0.6 is 0 Å². The van der Waals surface area contributed by atoms with E-state index in [9.17, 15) is 18.0 Å². The number of carbonyl (C=O) groups is 2. The number of carbonyl (C=O) groups excluding carboxylic acids is 2. The lowest BCUT2D eigenvalue weighted by atomic mass is 10.1. The molecule has 1 amide bonds. The van der Waals surface area contributed by atoms with Gasteiger partial charge in [-0.2, -0.15) is 0 Å². The van der Waals surface area contributed by atoms with Crippen LogP contribution in [-0.2, 0) is 21.2 Å². The molecule has 0 fully saturated rings. The highest BCUT2D eigenvalue weighted by atomic mass is 32.2. The maximum absolute atomic E-state index is 12.4. The van der Waals surface area contributed by atoms with E-state index in [1.807, 2.05) is 30.3 Å². The normalized spacial score (nSPS) is 12.0. The average molecular weight is 408 g/mol. The van der Waals surface area contributed by atoms with Crippen LogP contribution in [0.15, 0.2) is 89.8 Å². The van der Waals surface area contributed by atoms with Crippen molar-refractivity contribution in [1.29, 1.82) is 0 Å². The highest BCUT2D eigenvalue weighted by Crippen LogP contribution is 2.16. The molecule has 0 radical (unpaired) electrons. The number of rotatable bonds is 8. The SMILES string of the molecule is O=C[C@H](Cc1ccccc1)NC(=O)c1ccc(NS(=O)(=O)c2ccccc2)cc1. The first kappa shape index (κ1) is 20.3. The van der Waals surface area contributed by atoms with Crippen LogP contribution in [0.4, 0.5) is 5.69 Å². The molecule has 1 atom stereocenters. The molecule has 3 aromatic carbocycles. The van der Waals surface area contributed by atoms with Gasteiger partial charge in [-0.15, -0.1) is 0 Å². The predicted octanol–water partition coefficient (Wildman–Crippen LogP) is 3.03. The minimum atomic E-state index is -3.70. The Labute approximate surface area is 169 Å². The van der Waals surface area contributed by atoms with E-state index in [-0.39, 0.29) is 4.90 Å². The van der Waals surface area contributed by atoms with Crippen LogP contribution in [0.1, 0.15) is 15.9 Å². The zero-order chi connectivity index (χ0) is 20.7. The summed E-state index contributed by atoms with van der Waals surface area (Å²) in [5.41, 5.74) is 1.60. The fourth-order valence-corrected chi connectivity index (χ4v) is 3.84. The van der Waals surface area contributed by atoms with Crippen molar-refractivity contribution in [3.05, 3.63) is 96.1 Å². The Morgan fingerprint density at radius 3 is 2.03 bits per heavy atom. The molecule has 3 rings (SSSR count). The Bertz CT molecular complexity index is 1070. The van der Waals surface area contributed by atoms with Crippen molar-refractivity contribution >= 4 is 27.9 Å². The summed E-state index contributed by atoms with van der Waals surface area (Å²) in [6.07, 6.45) is 1.10. The van der Waals surface area contributed by atoms with Crippen molar-refractivity contribution in [2.45, 2.75) is 17.4 Å². The maximum Gasteiger partial charge on any atom is 0.261 e. The van der Waals surface area contributed by atoms with Crippen molar-refractivity contribution < 1.29 is 18.0 Å². The van der Waals surface area contributed by atoms with Gasteiger partial charge in [0, 0.05) is 11.3 Å². The van der Waals surface area contributed by atoms with Crippen LogP contribution in [0.2, 0.25) is 0 Å². The molecule has 0 bridgehead atoms. The topological polar surface area (TPSA) is 92.3 Å². The molecule has 29 heavy (non-hydrogen) atoms. The zero-order valence-corrected chi connectivity index (χ0v) is 16.3. The van der Waals surface area contributed by atoms with Crippen molar-refractivity contribution in [1.82, 2.24) is 5.32 Å². The monoisotopic (exact) mass is 408 g/mol. The second kappa shape index (κ2) is 9.16. The summed E-state index contributed by atoms with van der Waals surface area (Å²) in [4.78, 5) is 23.9. The summed E-state index contributed by atoms with van der Waals surface area (Å²) in [7, 11) is -3.70. The van der Waals surface area contributed by atoms with E-state index in [1.54, 1.807) is 18.2 Å². The largest absolute Gasteiger partial charge is 0.342 e. The molecule has 0 saturated carbocycles. The Morgan fingerprint density at radius 1 is 0.862 bits per heavy atom. The molecule has 0 aromatic heterocycles. The predicted molar refractivity (Wildman–Crippen MR) is 111 cm³/mol. The maximum atomic E-state index is 12.4. The number of benzene rings is 3. The van der Waals surface area contributed by atoms with E-state index in [1.165, 1.54) is 36.4 Å². The van der Waals surface area contributed by atoms with E-state index in [2.05, 4.69) is 10.0 Å².